The number of nitrogens with one attached hydrogen (secondary N) is 1. The highest BCUT2D eigenvalue weighted by atomic mass is 19.1. The number of piperazine rings is 1. The third-order valence-corrected chi connectivity index (χ3v) is 12.5. The smallest absolute Gasteiger partial charge is 0.319 e. The van der Waals surface area contributed by atoms with Crippen molar-refractivity contribution in [2.45, 2.75) is 56.3 Å². The number of phenolic OH excluding ortho intramolecular Hbond substituents is 1. The lowest BCUT2D eigenvalue weighted by molar-refractivity contribution is 0.0804. The van der Waals surface area contributed by atoms with Gasteiger partial charge in [-0.3, -0.25) is 9.88 Å². The van der Waals surface area contributed by atoms with Crippen molar-refractivity contribution in [3.63, 3.8) is 0 Å². The molecule has 50 heavy (non-hydrogen) atoms. The minimum absolute atomic E-state index is 0.0209. The minimum atomic E-state index is -0.710. The minimum Gasteiger partial charge on any atom is -0.508 e. The quantitative estimate of drug-likeness (QED) is 0.249. The number of likely N-dealkylation sites (N-methyl/N-ethyl adjacent to an activating group) is 1. The highest BCUT2D eigenvalue weighted by molar-refractivity contribution is 6.03. The lowest BCUT2D eigenvalue weighted by atomic mass is 9.76. The van der Waals surface area contributed by atoms with Gasteiger partial charge in [-0.25, -0.2) is 8.78 Å². The van der Waals surface area contributed by atoms with Gasteiger partial charge in [-0.15, -0.1) is 6.42 Å². The van der Waals surface area contributed by atoms with Crippen LogP contribution >= 0.6 is 0 Å². The van der Waals surface area contributed by atoms with Crippen LogP contribution in [0, 0.1) is 47.6 Å². The van der Waals surface area contributed by atoms with Crippen molar-refractivity contribution in [3.05, 3.63) is 47.7 Å². The number of phenols is 1. The normalized spacial score (nSPS) is 29.6. The highest BCUT2D eigenvalue weighted by Crippen LogP contribution is 2.60. The van der Waals surface area contributed by atoms with Gasteiger partial charge in [0.15, 0.2) is 5.82 Å². The van der Waals surface area contributed by atoms with Crippen LogP contribution < -0.4 is 15.0 Å². The van der Waals surface area contributed by atoms with E-state index in [1.54, 1.807) is 6.20 Å². The molecule has 4 aromatic rings. The first-order valence-electron chi connectivity index (χ1n) is 18.0. The molecule has 0 spiro atoms. The largest absolute Gasteiger partial charge is 0.508 e. The van der Waals surface area contributed by atoms with E-state index in [4.69, 9.17) is 16.1 Å². The van der Waals surface area contributed by atoms with E-state index in [2.05, 4.69) is 57.0 Å². The van der Waals surface area contributed by atoms with Crippen molar-refractivity contribution in [1.82, 2.24) is 30.1 Å². The molecule has 2 N–H and O–H groups in total. The molecule has 9 nitrogen and oxygen atoms in total. The molecule has 6 bridgehead atoms. The van der Waals surface area contributed by atoms with Gasteiger partial charge < -0.3 is 25.0 Å². The number of benzene rings is 2. The predicted octanol–water partition coefficient (Wildman–Crippen LogP) is 5.04. The van der Waals surface area contributed by atoms with Crippen LogP contribution in [0.5, 0.6) is 11.8 Å². The first kappa shape index (κ1) is 31.8. The fraction of sp³-hybridized carbons (Fsp3) is 0.513. The number of ether oxygens (including phenoxy) is 1. The van der Waals surface area contributed by atoms with Gasteiger partial charge in [-0.1, -0.05) is 12.0 Å². The van der Waals surface area contributed by atoms with Gasteiger partial charge in [0.05, 0.1) is 10.9 Å². The Labute approximate surface area is 291 Å². The standard InChI is InChI=1S/C39H43F2N7O2/c1-5-26-31(40)9-6-20-13-25(49)16-29(32(20)26)34-33(41)35-30(17-42-34)38(48-18-23-7-8-24(19-48)43-23)45-39(44-35)50-11-10-47(4)37-22-12-21-14-28(37)27(15-22)36(21)46(2)3/h1,6,9,13,16-17,21-24,27-28,36-37,43,49H,7-8,10-12,14-15,18-19H2,2-4H3. The monoisotopic (exact) mass is 679 g/mol. The van der Waals surface area contributed by atoms with Crippen LogP contribution in [0.1, 0.15) is 37.7 Å². The van der Waals surface area contributed by atoms with E-state index in [1.807, 2.05) is 0 Å². The number of rotatable bonds is 8. The number of fused-ring (bicyclic) bond motifs is 4. The third kappa shape index (κ3) is 5.01. The van der Waals surface area contributed by atoms with E-state index in [0.29, 0.717) is 52.8 Å². The number of terminal acetylenes is 1. The topological polar surface area (TPSA) is 89.9 Å². The van der Waals surface area contributed by atoms with Crippen molar-refractivity contribution < 1.29 is 18.6 Å². The van der Waals surface area contributed by atoms with Gasteiger partial charge in [0, 0.05) is 60.9 Å². The Bertz CT molecular complexity index is 2040. The van der Waals surface area contributed by atoms with E-state index in [9.17, 15) is 9.50 Å². The SMILES string of the molecule is C#Cc1c(F)ccc2cc(O)cc(-c3ncc4c(N5CC6CCC(C5)N6)nc(OCCN(C)C5C6CC7CC5C(C6)C7N(C)C)nc4c3F)c12. The molecule has 4 saturated carbocycles. The maximum atomic E-state index is 16.9. The zero-order valence-corrected chi connectivity index (χ0v) is 28.7. The first-order chi connectivity index (χ1) is 24.2. The van der Waals surface area contributed by atoms with E-state index >= 15 is 4.39 Å². The average molecular weight is 680 g/mol. The second kappa shape index (κ2) is 12.0. The number of nitrogens with zero attached hydrogens (tertiary/aromatic N) is 6. The fourth-order valence-corrected chi connectivity index (χ4v) is 10.8. The summed E-state index contributed by atoms with van der Waals surface area (Å²) in [6.45, 7) is 2.56. The Morgan fingerprint density at radius 3 is 2.50 bits per heavy atom. The number of aromatic hydroxyl groups is 1. The van der Waals surface area contributed by atoms with Crippen molar-refractivity contribution in [1.29, 1.82) is 0 Å². The molecule has 11 heteroatoms. The molecule has 4 heterocycles. The summed E-state index contributed by atoms with van der Waals surface area (Å²) in [6.07, 6.45) is 13.4. The molecular weight excluding hydrogens is 636 g/mol. The van der Waals surface area contributed by atoms with Crippen molar-refractivity contribution in [3.8, 4) is 35.4 Å². The molecule has 0 radical (unpaired) electrons. The van der Waals surface area contributed by atoms with Crippen LogP contribution in [0.4, 0.5) is 14.6 Å². The molecule has 6 aliphatic rings. The lowest BCUT2D eigenvalue weighted by Crippen LogP contribution is -2.51. The fourth-order valence-electron chi connectivity index (χ4n) is 10.8. The summed E-state index contributed by atoms with van der Waals surface area (Å²) in [6, 6.07) is 7.61. The molecule has 6 fully saturated rings. The molecule has 2 aromatic heterocycles. The van der Waals surface area contributed by atoms with Crippen LogP contribution in [0.2, 0.25) is 0 Å². The van der Waals surface area contributed by atoms with Crippen molar-refractivity contribution >= 4 is 27.5 Å². The van der Waals surface area contributed by atoms with Crippen LogP contribution in [0.15, 0.2) is 30.5 Å². The van der Waals surface area contributed by atoms with Crippen LogP contribution in [0.3, 0.4) is 0 Å². The number of pyridine rings is 1. The Kier molecular flexibility index (Phi) is 7.64. The Morgan fingerprint density at radius 2 is 1.76 bits per heavy atom. The van der Waals surface area contributed by atoms with E-state index < -0.39 is 11.6 Å². The number of anilines is 1. The first-order valence-corrected chi connectivity index (χ1v) is 18.0. The average Bonchev–Trinajstić information content (AvgIpc) is 3.66. The second-order valence-electron chi connectivity index (χ2n) is 15.5. The molecule has 2 aromatic carbocycles. The molecule has 10 rings (SSSR count). The maximum absolute atomic E-state index is 16.9. The molecule has 2 saturated heterocycles. The van der Waals surface area contributed by atoms with Gasteiger partial charge in [0.25, 0.3) is 0 Å². The van der Waals surface area contributed by atoms with Gasteiger partial charge >= 0.3 is 6.01 Å². The van der Waals surface area contributed by atoms with Gasteiger partial charge in [0.1, 0.15) is 35.2 Å². The van der Waals surface area contributed by atoms with Gasteiger partial charge in [0.2, 0.25) is 0 Å². The molecular formula is C39H43F2N7O2. The lowest BCUT2D eigenvalue weighted by Gasteiger charge is -2.40. The summed E-state index contributed by atoms with van der Waals surface area (Å²) in [7, 11) is 6.67. The highest BCUT2D eigenvalue weighted by Gasteiger charge is 2.60. The number of hydrogen-bond donors (Lipinski definition) is 2. The Morgan fingerprint density at radius 1 is 1.02 bits per heavy atom. The van der Waals surface area contributed by atoms with Gasteiger partial charge in [-0.2, -0.15) is 9.97 Å². The third-order valence-electron chi connectivity index (χ3n) is 12.5. The van der Waals surface area contributed by atoms with Crippen LogP contribution in [-0.2, 0) is 0 Å². The summed E-state index contributed by atoms with van der Waals surface area (Å²) in [5.41, 5.74) is 0.142. The van der Waals surface area contributed by atoms with Crippen molar-refractivity contribution in [2.24, 2.45) is 23.7 Å². The predicted molar refractivity (Wildman–Crippen MR) is 189 cm³/mol. The van der Waals surface area contributed by atoms with E-state index in [0.717, 1.165) is 56.1 Å². The summed E-state index contributed by atoms with van der Waals surface area (Å²) in [5.74, 6) is 4.60. The second-order valence-corrected chi connectivity index (χ2v) is 15.5. The molecule has 8 unspecified atom stereocenters. The molecule has 4 aliphatic carbocycles. The summed E-state index contributed by atoms with van der Waals surface area (Å²) >= 11 is 0. The zero-order valence-electron chi connectivity index (χ0n) is 28.7. The summed E-state index contributed by atoms with van der Waals surface area (Å²) in [4.78, 5) is 21.2. The number of hydrogen-bond acceptors (Lipinski definition) is 9. The van der Waals surface area contributed by atoms with E-state index in [1.165, 1.54) is 43.5 Å². The van der Waals surface area contributed by atoms with Crippen molar-refractivity contribution in [2.75, 3.05) is 52.3 Å². The molecule has 260 valence electrons. The van der Waals surface area contributed by atoms with Crippen LogP contribution in [-0.4, -0.2) is 101 Å². The zero-order chi connectivity index (χ0) is 34.4. The number of halogens is 2. The molecule has 0 amide bonds. The summed E-state index contributed by atoms with van der Waals surface area (Å²) in [5, 5.41) is 15.5. The maximum Gasteiger partial charge on any atom is 0.319 e. The Hall–Kier alpha value is -4.11. The number of aromatic nitrogens is 3. The summed E-state index contributed by atoms with van der Waals surface area (Å²) < 4.78 is 38.1. The van der Waals surface area contributed by atoms with Gasteiger partial charge in [-0.05, 0) is 101 Å². The van der Waals surface area contributed by atoms with E-state index in [-0.39, 0.29) is 34.1 Å². The van der Waals surface area contributed by atoms with Crippen LogP contribution in [0.25, 0.3) is 32.9 Å². The molecule has 8 atom stereocenters. The Balaban J connectivity index is 1.06. The molecule has 2 aliphatic heterocycles.